The van der Waals surface area contributed by atoms with Crippen LogP contribution < -0.4 is 9.64 Å². The number of carbonyl (C=O) groups is 1. The smallest absolute Gasteiger partial charge is 0.407 e. The van der Waals surface area contributed by atoms with E-state index >= 15 is 0 Å². The summed E-state index contributed by atoms with van der Waals surface area (Å²) >= 11 is 5.94. The van der Waals surface area contributed by atoms with E-state index in [1.807, 2.05) is 11.0 Å². The summed E-state index contributed by atoms with van der Waals surface area (Å²) in [5, 5.41) is 18.8. The maximum atomic E-state index is 15.0. The number of hydrogen-bond donors (Lipinski definition) is 1. The standard InChI is InChI=1S/C23H27ClFN7O3/c24-19-17(25)18-16(11-27-19)20(31-9-10-32(22(33)34)15(12-31)3-6-26)29-21(28-18)35-14-23(4-5-23)13-30-7-1-2-8-30/h11,15H,1-5,7-10,12-14H2,(H,33,34)/t15-/m0/s1. The number of ether oxygens (including phenoxy) is 1. The third kappa shape index (κ3) is 4.90. The van der Waals surface area contributed by atoms with E-state index in [0.717, 1.165) is 32.5 Å². The van der Waals surface area contributed by atoms with Crippen LogP contribution in [0.4, 0.5) is 15.0 Å². The monoisotopic (exact) mass is 503 g/mol. The van der Waals surface area contributed by atoms with Gasteiger partial charge in [0.15, 0.2) is 11.0 Å². The first-order valence-corrected chi connectivity index (χ1v) is 12.3. The topological polar surface area (TPSA) is 119 Å². The fraction of sp³-hybridized carbons (Fsp3) is 0.609. The molecule has 1 aliphatic carbocycles. The van der Waals surface area contributed by atoms with E-state index in [2.05, 4.69) is 19.9 Å². The maximum Gasteiger partial charge on any atom is 0.407 e. The Kier molecular flexibility index (Phi) is 6.51. The Labute approximate surface area is 207 Å². The van der Waals surface area contributed by atoms with E-state index in [1.165, 1.54) is 23.9 Å². The first-order chi connectivity index (χ1) is 16.9. The first kappa shape index (κ1) is 23.8. The highest BCUT2D eigenvalue weighted by atomic mass is 35.5. The molecule has 3 fully saturated rings. The number of anilines is 1. The van der Waals surface area contributed by atoms with Crippen LogP contribution in [0.5, 0.6) is 6.01 Å². The lowest BCUT2D eigenvalue weighted by Crippen LogP contribution is -2.55. The molecule has 0 unspecified atom stereocenters. The van der Waals surface area contributed by atoms with Gasteiger partial charge in [0.2, 0.25) is 0 Å². The van der Waals surface area contributed by atoms with Gasteiger partial charge in [-0.15, -0.1) is 0 Å². The van der Waals surface area contributed by atoms with Crippen LogP contribution in [0.2, 0.25) is 5.15 Å². The van der Waals surface area contributed by atoms with Gasteiger partial charge < -0.3 is 24.5 Å². The van der Waals surface area contributed by atoms with Gasteiger partial charge in [-0.2, -0.15) is 15.2 Å². The quantitative estimate of drug-likeness (QED) is 0.568. The molecule has 4 heterocycles. The lowest BCUT2D eigenvalue weighted by atomic mass is 10.1. The molecule has 10 nitrogen and oxygen atoms in total. The molecule has 186 valence electrons. The minimum atomic E-state index is -1.08. The van der Waals surface area contributed by atoms with Crippen molar-refractivity contribution in [1.29, 1.82) is 5.26 Å². The summed E-state index contributed by atoms with van der Waals surface area (Å²) in [6, 6.07) is 1.56. The molecule has 12 heteroatoms. The molecule has 1 atom stereocenters. The zero-order valence-electron chi connectivity index (χ0n) is 19.3. The van der Waals surface area contributed by atoms with Crippen LogP contribution in [0, 0.1) is 22.6 Å². The Balaban J connectivity index is 1.43. The number of likely N-dealkylation sites (tertiary alicyclic amines) is 1. The molecule has 0 spiro atoms. The lowest BCUT2D eigenvalue weighted by molar-refractivity contribution is 0.119. The number of halogens is 2. The van der Waals surface area contributed by atoms with Gasteiger partial charge in [-0.1, -0.05) is 11.6 Å². The number of carboxylic acid groups (broad SMARTS) is 1. The normalized spacial score (nSPS) is 21.8. The van der Waals surface area contributed by atoms with Gasteiger partial charge in [0.05, 0.1) is 30.5 Å². The van der Waals surface area contributed by atoms with E-state index in [4.69, 9.17) is 16.3 Å². The third-order valence-electron chi connectivity index (χ3n) is 7.18. The zero-order valence-corrected chi connectivity index (χ0v) is 20.0. The molecule has 2 aliphatic heterocycles. The average molecular weight is 504 g/mol. The van der Waals surface area contributed by atoms with Crippen molar-refractivity contribution >= 4 is 34.4 Å². The molecule has 5 rings (SSSR count). The Morgan fingerprint density at radius 3 is 2.74 bits per heavy atom. The Morgan fingerprint density at radius 1 is 1.29 bits per heavy atom. The molecule has 2 aromatic rings. The van der Waals surface area contributed by atoms with Crippen molar-refractivity contribution in [3.63, 3.8) is 0 Å². The molecule has 1 amide bonds. The number of aromatic nitrogens is 3. The number of nitriles is 1. The van der Waals surface area contributed by atoms with E-state index in [9.17, 15) is 19.6 Å². The molecule has 2 saturated heterocycles. The van der Waals surface area contributed by atoms with Crippen molar-refractivity contribution in [3.8, 4) is 12.1 Å². The highest BCUT2D eigenvalue weighted by Crippen LogP contribution is 2.47. The molecule has 0 radical (unpaired) electrons. The molecule has 35 heavy (non-hydrogen) atoms. The minimum Gasteiger partial charge on any atom is -0.465 e. The van der Waals surface area contributed by atoms with E-state index in [1.54, 1.807) is 0 Å². The molecule has 1 N–H and O–H groups in total. The predicted octanol–water partition coefficient (Wildman–Crippen LogP) is 3.15. The summed E-state index contributed by atoms with van der Waals surface area (Å²) in [5.74, 6) is -0.362. The molecule has 0 bridgehead atoms. The molecule has 0 aromatic carbocycles. The van der Waals surface area contributed by atoms with Crippen molar-refractivity contribution in [3.05, 3.63) is 17.2 Å². The van der Waals surface area contributed by atoms with Crippen LogP contribution in [-0.4, -0.2) is 87.9 Å². The lowest BCUT2D eigenvalue weighted by Gasteiger charge is -2.39. The number of nitrogens with zero attached hydrogens (tertiary/aromatic N) is 7. The fourth-order valence-corrected chi connectivity index (χ4v) is 5.18. The van der Waals surface area contributed by atoms with Gasteiger partial charge in [0.25, 0.3) is 0 Å². The number of fused-ring (bicyclic) bond motifs is 1. The predicted molar refractivity (Wildman–Crippen MR) is 126 cm³/mol. The van der Waals surface area contributed by atoms with Gasteiger partial charge in [-0.05, 0) is 38.8 Å². The second-order valence-electron chi connectivity index (χ2n) is 9.67. The van der Waals surface area contributed by atoms with Gasteiger partial charge >= 0.3 is 12.1 Å². The summed E-state index contributed by atoms with van der Waals surface area (Å²) in [6.07, 6.45) is 4.97. The van der Waals surface area contributed by atoms with Crippen molar-refractivity contribution in [2.24, 2.45) is 5.41 Å². The highest BCUT2D eigenvalue weighted by Gasteiger charge is 2.45. The second-order valence-corrected chi connectivity index (χ2v) is 10.0. The Bertz CT molecular complexity index is 1170. The van der Waals surface area contributed by atoms with Crippen LogP contribution >= 0.6 is 11.6 Å². The largest absolute Gasteiger partial charge is 0.465 e. The Morgan fingerprint density at radius 2 is 2.06 bits per heavy atom. The number of piperazine rings is 1. The summed E-state index contributed by atoms with van der Waals surface area (Å²) in [6.45, 7) is 4.38. The third-order valence-corrected chi connectivity index (χ3v) is 7.44. The zero-order chi connectivity index (χ0) is 24.6. The summed E-state index contributed by atoms with van der Waals surface area (Å²) in [5.41, 5.74) is 0.0781. The van der Waals surface area contributed by atoms with Crippen LogP contribution in [0.3, 0.4) is 0 Å². The molecular formula is C23H27ClFN7O3. The van der Waals surface area contributed by atoms with Crippen LogP contribution in [0.15, 0.2) is 6.20 Å². The minimum absolute atomic E-state index is 0.00638. The van der Waals surface area contributed by atoms with Gasteiger partial charge in [0.1, 0.15) is 11.3 Å². The van der Waals surface area contributed by atoms with E-state index in [0.29, 0.717) is 24.4 Å². The molecular weight excluding hydrogens is 477 g/mol. The van der Waals surface area contributed by atoms with Crippen LogP contribution in [0.25, 0.3) is 10.9 Å². The number of amides is 1. The molecule has 2 aromatic heterocycles. The fourth-order valence-electron chi connectivity index (χ4n) is 5.04. The van der Waals surface area contributed by atoms with Gasteiger partial charge in [-0.25, -0.2) is 14.2 Å². The Hall–Kier alpha value is -2.97. The van der Waals surface area contributed by atoms with Crippen molar-refractivity contribution in [2.45, 2.75) is 38.1 Å². The van der Waals surface area contributed by atoms with Crippen molar-refractivity contribution < 1.29 is 19.0 Å². The molecule has 1 saturated carbocycles. The van der Waals surface area contributed by atoms with Crippen molar-refractivity contribution in [1.82, 2.24) is 24.8 Å². The van der Waals surface area contributed by atoms with Crippen LogP contribution in [-0.2, 0) is 0 Å². The van der Waals surface area contributed by atoms with Crippen LogP contribution in [0.1, 0.15) is 32.1 Å². The summed E-state index contributed by atoms with van der Waals surface area (Å²) in [7, 11) is 0. The number of rotatable bonds is 7. The van der Waals surface area contributed by atoms with Gasteiger partial charge in [0, 0.05) is 37.8 Å². The summed E-state index contributed by atoms with van der Waals surface area (Å²) in [4.78, 5) is 30.0. The first-order valence-electron chi connectivity index (χ1n) is 11.9. The highest BCUT2D eigenvalue weighted by molar-refractivity contribution is 6.30. The SMILES string of the molecule is N#CC[C@H]1CN(c2nc(OCC3(CN4CCCC4)CC3)nc3c(F)c(Cl)ncc23)CCN1C(=O)O. The van der Waals surface area contributed by atoms with Gasteiger partial charge in [-0.3, -0.25) is 0 Å². The van der Waals surface area contributed by atoms with E-state index in [-0.39, 0.29) is 41.6 Å². The summed E-state index contributed by atoms with van der Waals surface area (Å²) < 4.78 is 21.0. The second kappa shape index (κ2) is 9.59. The number of hydrogen-bond acceptors (Lipinski definition) is 8. The van der Waals surface area contributed by atoms with E-state index < -0.39 is 18.0 Å². The maximum absolute atomic E-state index is 15.0. The molecule has 3 aliphatic rings. The average Bonchev–Trinajstić information content (AvgIpc) is 3.42. The van der Waals surface area contributed by atoms with Crippen molar-refractivity contribution in [2.75, 3.05) is 50.8 Å². The number of pyridine rings is 1.